The van der Waals surface area contributed by atoms with E-state index in [1.807, 2.05) is 46.9 Å². The van der Waals surface area contributed by atoms with Crippen molar-refractivity contribution in [2.75, 3.05) is 45.7 Å². The molecule has 10 nitrogen and oxygen atoms in total. The van der Waals surface area contributed by atoms with E-state index >= 15 is 0 Å². The van der Waals surface area contributed by atoms with E-state index < -0.39 is 6.04 Å². The molecule has 3 heterocycles. The summed E-state index contributed by atoms with van der Waals surface area (Å²) in [5.74, 6) is -0.122. The lowest BCUT2D eigenvalue weighted by molar-refractivity contribution is -0.132. The number of hydrogen-bond acceptors (Lipinski definition) is 7. The Kier molecular flexibility index (Phi) is 7.38. The highest BCUT2D eigenvalue weighted by Crippen LogP contribution is 2.31. The van der Waals surface area contributed by atoms with Crippen LogP contribution in [0.25, 0.3) is 11.1 Å². The van der Waals surface area contributed by atoms with Crippen molar-refractivity contribution in [1.82, 2.24) is 19.6 Å². The Bertz CT molecular complexity index is 1080. The number of carbonyl (C=O) groups excluding carboxylic acids is 2. The van der Waals surface area contributed by atoms with Crippen molar-refractivity contribution in [3.05, 3.63) is 35.6 Å². The molecule has 1 atom stereocenters. The zero-order valence-electron chi connectivity index (χ0n) is 19.4. The summed E-state index contributed by atoms with van der Waals surface area (Å²) >= 11 is 6.31. The fraction of sp³-hybridized carbons (Fsp3) is 0.478. The highest BCUT2D eigenvalue weighted by molar-refractivity contribution is 6.34. The lowest BCUT2D eigenvalue weighted by Gasteiger charge is -2.32. The summed E-state index contributed by atoms with van der Waals surface area (Å²) in [5.41, 5.74) is 7.78. The third-order valence-corrected chi connectivity index (χ3v) is 6.43. The number of nitrogens with one attached hydrogen (secondary N) is 1. The van der Waals surface area contributed by atoms with Gasteiger partial charge in [-0.3, -0.25) is 14.3 Å². The summed E-state index contributed by atoms with van der Waals surface area (Å²) in [6.07, 6.45) is 6.08. The molecule has 0 spiro atoms. The highest BCUT2D eigenvalue weighted by atomic mass is 35.5. The van der Waals surface area contributed by atoms with Crippen LogP contribution in [-0.4, -0.2) is 83.8 Å². The van der Waals surface area contributed by atoms with Crippen LogP contribution in [0.3, 0.4) is 0 Å². The summed E-state index contributed by atoms with van der Waals surface area (Å²) in [6.45, 7) is 2.35. The largest absolute Gasteiger partial charge is 0.463 e. The first-order valence-corrected chi connectivity index (χ1v) is 11.7. The number of aromatic nitrogens is 2. The number of anilines is 1. The van der Waals surface area contributed by atoms with Crippen LogP contribution in [-0.2, 0) is 14.3 Å². The fourth-order valence-corrected chi connectivity index (χ4v) is 4.25. The van der Waals surface area contributed by atoms with Gasteiger partial charge in [-0.1, -0.05) is 17.7 Å². The summed E-state index contributed by atoms with van der Waals surface area (Å²) in [6, 6.07) is 5.00. The molecular weight excluding hydrogens is 458 g/mol. The van der Waals surface area contributed by atoms with Gasteiger partial charge in [-0.05, 0) is 44.6 Å². The van der Waals surface area contributed by atoms with Gasteiger partial charge >= 0.3 is 0 Å². The molecule has 1 aromatic heterocycles. The van der Waals surface area contributed by atoms with Crippen molar-refractivity contribution in [2.24, 2.45) is 10.7 Å². The van der Waals surface area contributed by atoms with Crippen molar-refractivity contribution in [3.8, 4) is 11.1 Å². The third-order valence-electron chi connectivity index (χ3n) is 6.10. The SMILES string of the molecule is CN(C)CCC(=O)N1CCC(n2cc(-c3ccc(Cl)c(NC(=O)C4COC(N)=N4)c3)cn2)CC1. The molecule has 1 aromatic carbocycles. The average Bonchev–Trinajstić information content (AvgIpc) is 3.48. The highest BCUT2D eigenvalue weighted by Gasteiger charge is 2.26. The lowest BCUT2D eigenvalue weighted by Crippen LogP contribution is -2.40. The van der Waals surface area contributed by atoms with E-state index in [1.165, 1.54) is 0 Å². The summed E-state index contributed by atoms with van der Waals surface area (Å²) in [7, 11) is 3.95. The van der Waals surface area contributed by atoms with Gasteiger partial charge in [-0.2, -0.15) is 5.10 Å². The molecule has 1 unspecified atom stereocenters. The van der Waals surface area contributed by atoms with E-state index in [4.69, 9.17) is 22.1 Å². The second-order valence-electron chi connectivity index (χ2n) is 8.85. The molecule has 0 bridgehead atoms. The Morgan fingerprint density at radius 1 is 1.26 bits per heavy atom. The summed E-state index contributed by atoms with van der Waals surface area (Å²) in [5, 5.41) is 7.80. The Balaban J connectivity index is 1.38. The van der Waals surface area contributed by atoms with E-state index in [-0.39, 0.29) is 30.5 Å². The van der Waals surface area contributed by atoms with Crippen LogP contribution in [0.1, 0.15) is 25.3 Å². The molecule has 0 saturated carbocycles. The Labute approximate surface area is 203 Å². The van der Waals surface area contributed by atoms with E-state index in [0.717, 1.165) is 43.6 Å². The zero-order valence-corrected chi connectivity index (χ0v) is 20.2. The predicted octanol–water partition coefficient (Wildman–Crippen LogP) is 1.97. The standard InChI is InChI=1S/C23H30ClN7O3/c1-29(2)8-7-21(32)30-9-5-17(6-10-30)31-13-16(12-26-31)15-3-4-18(24)19(11-15)27-22(33)20-14-34-23(25)28-20/h3-4,11-13,17,20H,5-10,14H2,1-2H3,(H2,25,28)(H,27,33). The van der Waals surface area contributed by atoms with Gasteiger partial charge in [0.25, 0.3) is 11.9 Å². The molecule has 3 N–H and O–H groups in total. The molecule has 0 radical (unpaired) electrons. The third kappa shape index (κ3) is 5.68. The van der Waals surface area contributed by atoms with Crippen molar-refractivity contribution in [1.29, 1.82) is 0 Å². The first kappa shape index (κ1) is 24.0. The number of hydrogen-bond donors (Lipinski definition) is 2. The van der Waals surface area contributed by atoms with Crippen LogP contribution in [0.5, 0.6) is 0 Å². The summed E-state index contributed by atoms with van der Waals surface area (Å²) in [4.78, 5) is 32.8. The first-order chi connectivity index (χ1) is 16.3. The number of nitrogens with two attached hydrogens (primary N) is 1. The number of carbonyl (C=O) groups is 2. The van der Waals surface area contributed by atoms with E-state index in [2.05, 4.69) is 15.4 Å². The maximum Gasteiger partial charge on any atom is 0.282 e. The number of piperidine rings is 1. The molecule has 4 rings (SSSR count). The average molecular weight is 488 g/mol. The van der Waals surface area contributed by atoms with Crippen molar-refractivity contribution in [2.45, 2.75) is 31.3 Å². The number of rotatable bonds is 7. The van der Waals surface area contributed by atoms with Gasteiger partial charge in [0.15, 0.2) is 6.04 Å². The zero-order chi connectivity index (χ0) is 24.2. The minimum absolute atomic E-state index is 0.0103. The Hall–Kier alpha value is -3.11. The number of benzene rings is 1. The molecule has 2 amide bonds. The van der Waals surface area contributed by atoms with Crippen LogP contribution in [0.2, 0.25) is 5.02 Å². The number of ether oxygens (including phenoxy) is 1. The van der Waals surface area contributed by atoms with Gasteiger partial charge in [0.05, 0.1) is 22.9 Å². The van der Waals surface area contributed by atoms with E-state index in [0.29, 0.717) is 17.1 Å². The second kappa shape index (κ2) is 10.4. The minimum Gasteiger partial charge on any atom is -0.463 e. The normalized spacial score (nSPS) is 18.6. The predicted molar refractivity (Wildman–Crippen MR) is 131 cm³/mol. The Morgan fingerprint density at radius 2 is 2.03 bits per heavy atom. The quantitative estimate of drug-likeness (QED) is 0.616. The number of halogens is 1. The number of likely N-dealkylation sites (tertiary alicyclic amines) is 1. The molecule has 34 heavy (non-hydrogen) atoms. The van der Waals surface area contributed by atoms with Gasteiger partial charge in [0.2, 0.25) is 5.91 Å². The monoisotopic (exact) mass is 487 g/mol. The van der Waals surface area contributed by atoms with Crippen molar-refractivity contribution >= 4 is 35.1 Å². The first-order valence-electron chi connectivity index (χ1n) is 11.3. The van der Waals surface area contributed by atoms with Gasteiger partial charge in [0, 0.05) is 37.8 Å². The smallest absolute Gasteiger partial charge is 0.282 e. The number of nitrogens with zero attached hydrogens (tertiary/aromatic N) is 5. The molecule has 0 aliphatic carbocycles. The van der Waals surface area contributed by atoms with Crippen LogP contribution >= 0.6 is 11.6 Å². The van der Waals surface area contributed by atoms with Crippen LogP contribution < -0.4 is 11.1 Å². The lowest BCUT2D eigenvalue weighted by atomic mass is 10.0. The van der Waals surface area contributed by atoms with Gasteiger partial charge in [0.1, 0.15) is 6.61 Å². The molecule has 2 aliphatic heterocycles. The Morgan fingerprint density at radius 3 is 2.71 bits per heavy atom. The second-order valence-corrected chi connectivity index (χ2v) is 9.26. The van der Waals surface area contributed by atoms with Crippen LogP contribution in [0, 0.1) is 0 Å². The number of aliphatic imine (C=N–C) groups is 1. The van der Waals surface area contributed by atoms with Crippen molar-refractivity contribution in [3.63, 3.8) is 0 Å². The molecule has 1 saturated heterocycles. The summed E-state index contributed by atoms with van der Waals surface area (Å²) < 4.78 is 7.02. The molecule has 2 aromatic rings. The van der Waals surface area contributed by atoms with Gasteiger partial charge < -0.3 is 25.6 Å². The molecule has 2 aliphatic rings. The number of amidine groups is 1. The molecule has 182 valence electrons. The van der Waals surface area contributed by atoms with Crippen LogP contribution in [0.15, 0.2) is 35.6 Å². The minimum atomic E-state index is -0.692. The maximum atomic E-state index is 12.5. The number of amides is 2. The van der Waals surface area contributed by atoms with Gasteiger partial charge in [-0.25, -0.2) is 4.99 Å². The topological polar surface area (TPSA) is 118 Å². The fourth-order valence-electron chi connectivity index (χ4n) is 4.09. The van der Waals surface area contributed by atoms with E-state index in [9.17, 15) is 9.59 Å². The molecule has 11 heteroatoms. The van der Waals surface area contributed by atoms with Gasteiger partial charge in [-0.15, -0.1) is 0 Å². The van der Waals surface area contributed by atoms with E-state index in [1.54, 1.807) is 12.3 Å². The molecular formula is C23H30ClN7O3. The maximum absolute atomic E-state index is 12.5. The van der Waals surface area contributed by atoms with Crippen molar-refractivity contribution < 1.29 is 14.3 Å². The van der Waals surface area contributed by atoms with Crippen LogP contribution in [0.4, 0.5) is 5.69 Å². The molecule has 1 fully saturated rings.